The van der Waals surface area contributed by atoms with Crippen LogP contribution in [0.2, 0.25) is 0 Å². The summed E-state index contributed by atoms with van der Waals surface area (Å²) in [6, 6.07) is 0.462. The van der Waals surface area contributed by atoms with Crippen LogP contribution in [0.25, 0.3) is 0 Å². The van der Waals surface area contributed by atoms with Crippen LogP contribution < -0.4 is 16.0 Å². The van der Waals surface area contributed by atoms with E-state index in [0.29, 0.717) is 18.4 Å². The molecule has 1 fully saturated rings. The summed E-state index contributed by atoms with van der Waals surface area (Å²) in [5, 5.41) is 9.70. The van der Waals surface area contributed by atoms with Crippen molar-refractivity contribution in [2.24, 2.45) is 10.9 Å². The van der Waals surface area contributed by atoms with Crippen LogP contribution in [0.4, 0.5) is 0 Å². The topological polar surface area (TPSA) is 65.5 Å². The molecule has 136 valence electrons. The van der Waals surface area contributed by atoms with Crippen molar-refractivity contribution in [3.05, 3.63) is 0 Å². The Hall–Kier alpha value is -0.530. The second-order valence-corrected chi connectivity index (χ2v) is 6.24. The largest absolute Gasteiger partial charge is 0.356 e. The van der Waals surface area contributed by atoms with Crippen molar-refractivity contribution in [3.63, 3.8) is 0 Å². The fraction of sp³-hybridized carbons (Fsp3) is 0.882. The lowest BCUT2D eigenvalue weighted by atomic mass is 9.99. The molecule has 1 saturated carbocycles. The Bertz CT molecular complexity index is 345. The summed E-state index contributed by atoms with van der Waals surface area (Å²) in [5.41, 5.74) is 0. The Morgan fingerprint density at radius 1 is 1.22 bits per heavy atom. The molecular weight excluding hydrogens is 403 g/mol. The normalized spacial score (nSPS) is 15.5. The van der Waals surface area contributed by atoms with Gasteiger partial charge in [-0.25, -0.2) is 0 Å². The van der Waals surface area contributed by atoms with Gasteiger partial charge in [0.2, 0.25) is 5.91 Å². The number of carbonyl (C=O) groups excluding carboxylic acids is 1. The quantitative estimate of drug-likeness (QED) is 0.201. The summed E-state index contributed by atoms with van der Waals surface area (Å²) in [4.78, 5) is 15.8. The molecule has 3 N–H and O–H groups in total. The SMILES string of the molecule is CCCCC(CC)CNC(=NC)NCCCC(=O)NC1CC1.I. The Morgan fingerprint density at radius 2 is 1.96 bits per heavy atom. The minimum atomic E-state index is 0. The molecule has 6 heteroatoms. The van der Waals surface area contributed by atoms with Crippen LogP contribution in [0.15, 0.2) is 4.99 Å². The summed E-state index contributed by atoms with van der Waals surface area (Å²) in [6.45, 7) is 6.23. The van der Waals surface area contributed by atoms with E-state index in [2.05, 4.69) is 34.8 Å². The van der Waals surface area contributed by atoms with E-state index < -0.39 is 0 Å². The molecular formula is C17H35IN4O. The van der Waals surface area contributed by atoms with Crippen molar-refractivity contribution in [3.8, 4) is 0 Å². The number of nitrogens with one attached hydrogen (secondary N) is 3. The van der Waals surface area contributed by atoms with Crippen LogP contribution in [0.1, 0.15) is 65.2 Å². The third kappa shape index (κ3) is 11.6. The first kappa shape index (κ1) is 22.5. The second-order valence-electron chi connectivity index (χ2n) is 6.24. The van der Waals surface area contributed by atoms with Crippen molar-refractivity contribution >= 4 is 35.8 Å². The maximum atomic E-state index is 11.6. The number of carbonyl (C=O) groups is 1. The van der Waals surface area contributed by atoms with E-state index in [1.807, 2.05) is 0 Å². The highest BCUT2D eigenvalue weighted by molar-refractivity contribution is 14.0. The second kappa shape index (κ2) is 13.9. The van der Waals surface area contributed by atoms with Crippen molar-refractivity contribution in [1.29, 1.82) is 0 Å². The molecule has 1 atom stereocenters. The van der Waals surface area contributed by atoms with Gasteiger partial charge in [0.05, 0.1) is 0 Å². The zero-order valence-electron chi connectivity index (χ0n) is 15.0. The number of hydrogen-bond acceptors (Lipinski definition) is 2. The number of rotatable bonds is 11. The predicted molar refractivity (Wildman–Crippen MR) is 108 cm³/mol. The average Bonchev–Trinajstić information content (AvgIpc) is 3.33. The Kier molecular flexibility index (Phi) is 13.5. The number of guanidine groups is 1. The molecule has 1 rings (SSSR count). The molecule has 1 unspecified atom stereocenters. The lowest BCUT2D eigenvalue weighted by Crippen LogP contribution is -2.40. The number of aliphatic imine (C=N–C) groups is 1. The van der Waals surface area contributed by atoms with Gasteiger partial charge in [0.1, 0.15) is 0 Å². The lowest BCUT2D eigenvalue weighted by Gasteiger charge is -2.18. The first-order valence-electron chi connectivity index (χ1n) is 8.93. The minimum absolute atomic E-state index is 0. The monoisotopic (exact) mass is 438 g/mol. The molecule has 5 nitrogen and oxygen atoms in total. The summed E-state index contributed by atoms with van der Waals surface area (Å²) in [7, 11) is 1.79. The molecule has 0 aliphatic heterocycles. The fourth-order valence-corrected chi connectivity index (χ4v) is 2.39. The zero-order chi connectivity index (χ0) is 16.2. The Labute approximate surface area is 158 Å². The highest BCUT2D eigenvalue weighted by Gasteiger charge is 2.22. The van der Waals surface area contributed by atoms with Crippen molar-refractivity contribution in [2.45, 2.75) is 71.3 Å². The first-order valence-corrected chi connectivity index (χ1v) is 8.93. The van der Waals surface area contributed by atoms with Gasteiger partial charge >= 0.3 is 0 Å². The van der Waals surface area contributed by atoms with Crippen molar-refractivity contribution in [2.75, 3.05) is 20.1 Å². The first-order chi connectivity index (χ1) is 10.7. The lowest BCUT2D eigenvalue weighted by molar-refractivity contribution is -0.121. The highest BCUT2D eigenvalue weighted by Crippen LogP contribution is 2.18. The summed E-state index contributed by atoms with van der Waals surface area (Å²) in [5.74, 6) is 1.73. The Morgan fingerprint density at radius 3 is 2.52 bits per heavy atom. The van der Waals surface area contributed by atoms with Crippen LogP contribution in [-0.2, 0) is 4.79 Å². The minimum Gasteiger partial charge on any atom is -0.356 e. The third-order valence-corrected chi connectivity index (χ3v) is 4.14. The van der Waals surface area contributed by atoms with E-state index in [4.69, 9.17) is 0 Å². The highest BCUT2D eigenvalue weighted by atomic mass is 127. The van der Waals surface area contributed by atoms with Gasteiger partial charge in [0.25, 0.3) is 0 Å². The molecule has 23 heavy (non-hydrogen) atoms. The van der Waals surface area contributed by atoms with E-state index in [9.17, 15) is 4.79 Å². The van der Waals surface area contributed by atoms with Crippen LogP contribution in [-0.4, -0.2) is 38.0 Å². The molecule has 0 heterocycles. The van der Waals surface area contributed by atoms with Gasteiger partial charge in [-0.05, 0) is 31.6 Å². The Balaban J connectivity index is 0.00000484. The molecule has 0 radical (unpaired) electrons. The van der Waals surface area contributed by atoms with E-state index in [0.717, 1.165) is 38.3 Å². The van der Waals surface area contributed by atoms with Crippen LogP contribution >= 0.6 is 24.0 Å². The summed E-state index contributed by atoms with van der Waals surface area (Å²) in [6.07, 6.45) is 8.76. The van der Waals surface area contributed by atoms with Crippen molar-refractivity contribution in [1.82, 2.24) is 16.0 Å². The number of amides is 1. The van der Waals surface area contributed by atoms with Gasteiger partial charge in [0, 0.05) is 32.6 Å². The van der Waals surface area contributed by atoms with Gasteiger partial charge in [-0.3, -0.25) is 9.79 Å². The average molecular weight is 438 g/mol. The standard InChI is InChI=1S/C17H34N4O.HI/c1-4-6-8-14(5-2)13-20-17(18-3)19-12-7-9-16(22)21-15-10-11-15;/h14-15H,4-13H2,1-3H3,(H,21,22)(H2,18,19,20);1H. The van der Waals surface area contributed by atoms with Crippen LogP contribution in [0.3, 0.4) is 0 Å². The molecule has 1 amide bonds. The maximum absolute atomic E-state index is 11.6. The van der Waals surface area contributed by atoms with Gasteiger partial charge in [-0.15, -0.1) is 24.0 Å². The smallest absolute Gasteiger partial charge is 0.220 e. The maximum Gasteiger partial charge on any atom is 0.220 e. The number of hydrogen-bond donors (Lipinski definition) is 3. The van der Waals surface area contributed by atoms with E-state index >= 15 is 0 Å². The van der Waals surface area contributed by atoms with Gasteiger partial charge in [-0.1, -0.05) is 33.1 Å². The third-order valence-electron chi connectivity index (χ3n) is 4.14. The fourth-order valence-electron chi connectivity index (χ4n) is 2.39. The number of unbranched alkanes of at least 4 members (excludes halogenated alkanes) is 1. The number of nitrogens with zero attached hydrogens (tertiary/aromatic N) is 1. The molecule has 0 spiro atoms. The molecule has 1 aliphatic carbocycles. The molecule has 0 aromatic carbocycles. The van der Waals surface area contributed by atoms with Crippen molar-refractivity contribution < 1.29 is 4.79 Å². The van der Waals surface area contributed by atoms with E-state index in [1.54, 1.807) is 7.05 Å². The molecule has 1 aliphatic rings. The van der Waals surface area contributed by atoms with E-state index in [-0.39, 0.29) is 29.9 Å². The zero-order valence-corrected chi connectivity index (χ0v) is 17.3. The number of halogens is 1. The predicted octanol–water partition coefficient (Wildman–Crippen LogP) is 3.04. The van der Waals surface area contributed by atoms with E-state index in [1.165, 1.54) is 25.7 Å². The van der Waals surface area contributed by atoms with Gasteiger partial charge < -0.3 is 16.0 Å². The van der Waals surface area contributed by atoms with Gasteiger partial charge in [0.15, 0.2) is 5.96 Å². The molecule has 0 saturated heterocycles. The molecule has 0 aromatic heterocycles. The molecule has 0 aromatic rings. The van der Waals surface area contributed by atoms with Crippen LogP contribution in [0.5, 0.6) is 0 Å². The summed E-state index contributed by atoms with van der Waals surface area (Å²) < 4.78 is 0. The molecule has 0 bridgehead atoms. The van der Waals surface area contributed by atoms with Crippen LogP contribution in [0, 0.1) is 5.92 Å². The summed E-state index contributed by atoms with van der Waals surface area (Å²) >= 11 is 0. The van der Waals surface area contributed by atoms with Gasteiger partial charge in [-0.2, -0.15) is 0 Å².